The summed E-state index contributed by atoms with van der Waals surface area (Å²) >= 11 is 5.88. The summed E-state index contributed by atoms with van der Waals surface area (Å²) in [7, 11) is -3.95. The monoisotopic (exact) mass is 483 g/mol. The van der Waals surface area contributed by atoms with Crippen molar-refractivity contribution >= 4 is 33.2 Å². The molecule has 168 valence electrons. The Hall–Kier alpha value is -3.76. The number of halogens is 1. The van der Waals surface area contributed by atoms with E-state index < -0.39 is 21.6 Å². The second kappa shape index (κ2) is 9.39. The Labute approximate surface area is 194 Å². The highest BCUT2D eigenvalue weighted by atomic mass is 35.5. The van der Waals surface area contributed by atoms with E-state index in [0.29, 0.717) is 23.4 Å². The molecule has 11 heteroatoms. The minimum atomic E-state index is -3.95. The van der Waals surface area contributed by atoms with Gasteiger partial charge in [-0.15, -0.1) is 10.2 Å². The number of hydrogen-bond donors (Lipinski definition) is 2. The Morgan fingerprint density at radius 1 is 1.06 bits per heavy atom. The summed E-state index contributed by atoms with van der Waals surface area (Å²) in [6.45, 7) is 0. The van der Waals surface area contributed by atoms with E-state index in [-0.39, 0.29) is 16.3 Å². The van der Waals surface area contributed by atoms with E-state index in [2.05, 4.69) is 20.6 Å². The van der Waals surface area contributed by atoms with Crippen molar-refractivity contribution in [2.75, 3.05) is 0 Å². The molecular formula is C22H18ClN5O4S. The number of benzene rings is 2. The molecule has 0 saturated heterocycles. The Bertz CT molecular complexity index is 1400. The van der Waals surface area contributed by atoms with Gasteiger partial charge in [0.1, 0.15) is 5.76 Å². The Kier molecular flexibility index (Phi) is 6.38. The summed E-state index contributed by atoms with van der Waals surface area (Å²) in [6.07, 6.45) is 4.68. The first-order valence-corrected chi connectivity index (χ1v) is 11.6. The van der Waals surface area contributed by atoms with Gasteiger partial charge in [-0.2, -0.15) is 5.21 Å². The Morgan fingerprint density at radius 2 is 1.79 bits per heavy atom. The SMILES string of the molecule is O=C(C=C(O)c1cn(S(=O)(=O)c2ccc(Cl)cc2)cc1CCc1ccccc1)c1nn[nH]n1. The average molecular weight is 484 g/mol. The van der Waals surface area contributed by atoms with Gasteiger partial charge in [0.15, 0.2) is 0 Å². The van der Waals surface area contributed by atoms with Gasteiger partial charge in [-0.3, -0.25) is 4.79 Å². The highest BCUT2D eigenvalue weighted by Crippen LogP contribution is 2.25. The van der Waals surface area contributed by atoms with Crippen LogP contribution in [0.3, 0.4) is 0 Å². The third-order valence-corrected chi connectivity index (χ3v) is 6.80. The number of H-pyrrole nitrogens is 1. The van der Waals surface area contributed by atoms with E-state index >= 15 is 0 Å². The van der Waals surface area contributed by atoms with Crippen LogP contribution in [0.1, 0.15) is 27.3 Å². The normalized spacial score (nSPS) is 12.1. The number of carbonyl (C=O) groups is 1. The Morgan fingerprint density at radius 3 is 2.45 bits per heavy atom. The summed E-state index contributed by atoms with van der Waals surface area (Å²) in [6, 6.07) is 15.4. The smallest absolute Gasteiger partial charge is 0.267 e. The number of allylic oxidation sites excluding steroid dienone is 1. The minimum absolute atomic E-state index is 0.0365. The van der Waals surface area contributed by atoms with Crippen molar-refractivity contribution in [1.82, 2.24) is 24.6 Å². The van der Waals surface area contributed by atoms with Crippen molar-refractivity contribution in [2.45, 2.75) is 17.7 Å². The highest BCUT2D eigenvalue weighted by molar-refractivity contribution is 7.90. The molecule has 4 aromatic rings. The van der Waals surface area contributed by atoms with E-state index in [9.17, 15) is 18.3 Å². The molecule has 0 bridgehead atoms. The van der Waals surface area contributed by atoms with Crippen molar-refractivity contribution in [1.29, 1.82) is 0 Å². The van der Waals surface area contributed by atoms with Gasteiger partial charge >= 0.3 is 0 Å². The number of aryl methyl sites for hydroxylation is 2. The third-order valence-electron chi connectivity index (χ3n) is 4.91. The maximum atomic E-state index is 13.1. The summed E-state index contributed by atoms with van der Waals surface area (Å²) in [5.74, 6) is -1.30. The van der Waals surface area contributed by atoms with E-state index in [4.69, 9.17) is 11.6 Å². The lowest BCUT2D eigenvalue weighted by molar-refractivity contribution is 0.103. The largest absolute Gasteiger partial charge is 0.507 e. The van der Waals surface area contributed by atoms with Gasteiger partial charge in [0.05, 0.1) is 4.90 Å². The van der Waals surface area contributed by atoms with Gasteiger partial charge in [-0.1, -0.05) is 41.9 Å². The molecule has 0 aliphatic rings. The average Bonchev–Trinajstić information content (AvgIpc) is 3.49. The molecule has 2 N–H and O–H groups in total. The van der Waals surface area contributed by atoms with Crippen LogP contribution in [0.2, 0.25) is 5.02 Å². The zero-order valence-electron chi connectivity index (χ0n) is 17.1. The number of aliphatic hydroxyl groups is 1. The number of nitrogens with zero attached hydrogens (tertiary/aromatic N) is 4. The second-order valence-electron chi connectivity index (χ2n) is 7.10. The van der Waals surface area contributed by atoms with Crippen molar-refractivity contribution in [3.63, 3.8) is 0 Å². The van der Waals surface area contributed by atoms with Crippen LogP contribution < -0.4 is 0 Å². The van der Waals surface area contributed by atoms with Gasteiger partial charge in [0.2, 0.25) is 11.6 Å². The van der Waals surface area contributed by atoms with Crippen molar-refractivity contribution in [2.24, 2.45) is 0 Å². The molecule has 0 aliphatic carbocycles. The third kappa shape index (κ3) is 5.02. The number of ketones is 1. The molecule has 4 rings (SSSR count). The minimum Gasteiger partial charge on any atom is -0.507 e. The topological polar surface area (TPSA) is 131 Å². The highest BCUT2D eigenvalue weighted by Gasteiger charge is 2.22. The number of tetrazole rings is 1. The van der Waals surface area contributed by atoms with Crippen LogP contribution in [0.5, 0.6) is 0 Å². The van der Waals surface area contributed by atoms with Crippen LogP contribution in [0.4, 0.5) is 0 Å². The number of nitrogens with one attached hydrogen (secondary N) is 1. The molecular weight excluding hydrogens is 466 g/mol. The first kappa shape index (κ1) is 22.4. The first-order valence-electron chi connectivity index (χ1n) is 9.79. The van der Waals surface area contributed by atoms with Gasteiger partial charge in [0, 0.05) is 29.1 Å². The molecule has 0 spiro atoms. The molecule has 0 unspecified atom stereocenters. The standard InChI is InChI=1S/C22H18ClN5O4S/c23-17-8-10-18(11-9-17)33(31,32)28-13-16(7-6-15-4-2-1-3-5-15)19(14-28)20(29)12-21(30)22-24-26-27-25-22/h1-5,8-14,29H,6-7H2,(H,24,25,26,27). The van der Waals surface area contributed by atoms with E-state index in [1.54, 1.807) is 0 Å². The number of aliphatic hydroxyl groups excluding tert-OH is 1. The summed E-state index contributed by atoms with van der Waals surface area (Å²) < 4.78 is 27.3. The zero-order chi connectivity index (χ0) is 23.4. The number of aromatic nitrogens is 5. The maximum absolute atomic E-state index is 13.1. The molecule has 33 heavy (non-hydrogen) atoms. The zero-order valence-corrected chi connectivity index (χ0v) is 18.7. The quantitative estimate of drug-likeness (QED) is 0.223. The van der Waals surface area contributed by atoms with Crippen LogP contribution in [0.25, 0.3) is 5.76 Å². The molecule has 2 heterocycles. The first-order chi connectivity index (χ1) is 15.8. The summed E-state index contributed by atoms with van der Waals surface area (Å²) in [5, 5.41) is 23.8. The van der Waals surface area contributed by atoms with Crippen LogP contribution in [0.15, 0.2) is 78.0 Å². The number of aromatic amines is 1. The van der Waals surface area contributed by atoms with Crippen LogP contribution in [-0.2, 0) is 22.9 Å². The molecule has 0 fully saturated rings. The van der Waals surface area contributed by atoms with E-state index in [1.165, 1.54) is 36.7 Å². The van der Waals surface area contributed by atoms with Crippen molar-refractivity contribution in [3.8, 4) is 0 Å². The predicted molar refractivity (Wildman–Crippen MR) is 121 cm³/mol. The molecule has 9 nitrogen and oxygen atoms in total. The van der Waals surface area contributed by atoms with Gasteiger partial charge in [-0.05, 0) is 53.4 Å². The molecule has 0 aliphatic heterocycles. The summed E-state index contributed by atoms with van der Waals surface area (Å²) in [4.78, 5) is 12.3. The molecule has 0 atom stereocenters. The van der Waals surface area contributed by atoms with Gasteiger partial charge < -0.3 is 5.11 Å². The Balaban J connectivity index is 1.72. The van der Waals surface area contributed by atoms with E-state index in [0.717, 1.165) is 15.6 Å². The van der Waals surface area contributed by atoms with E-state index in [1.807, 2.05) is 30.3 Å². The van der Waals surface area contributed by atoms with Crippen LogP contribution in [0, 0.1) is 0 Å². The predicted octanol–water partition coefficient (Wildman–Crippen LogP) is 3.46. The molecule has 0 amide bonds. The molecule has 2 aromatic carbocycles. The van der Waals surface area contributed by atoms with Crippen LogP contribution in [-0.4, -0.2) is 43.9 Å². The number of carbonyl (C=O) groups excluding carboxylic acids is 1. The lowest BCUT2D eigenvalue weighted by Crippen LogP contribution is -2.10. The fourth-order valence-corrected chi connectivity index (χ4v) is 4.58. The number of rotatable bonds is 8. The molecule has 2 aromatic heterocycles. The second-order valence-corrected chi connectivity index (χ2v) is 9.38. The number of hydrogen-bond acceptors (Lipinski definition) is 7. The molecule has 0 saturated carbocycles. The maximum Gasteiger partial charge on any atom is 0.267 e. The lowest BCUT2D eigenvalue weighted by atomic mass is 10.0. The van der Waals surface area contributed by atoms with Crippen molar-refractivity contribution < 1.29 is 18.3 Å². The lowest BCUT2D eigenvalue weighted by Gasteiger charge is -2.05. The molecule has 0 radical (unpaired) electrons. The van der Waals surface area contributed by atoms with Crippen molar-refractivity contribution in [3.05, 3.63) is 101 Å². The fraction of sp³-hybridized carbons (Fsp3) is 0.0909. The fourth-order valence-electron chi connectivity index (χ4n) is 3.22. The van der Waals surface area contributed by atoms with Crippen LogP contribution >= 0.6 is 11.6 Å². The van der Waals surface area contributed by atoms with Gasteiger partial charge in [-0.25, -0.2) is 12.4 Å². The van der Waals surface area contributed by atoms with Gasteiger partial charge in [0.25, 0.3) is 10.0 Å². The summed E-state index contributed by atoms with van der Waals surface area (Å²) in [5.41, 5.74) is 1.80.